The highest BCUT2D eigenvalue weighted by Gasteiger charge is 2.26. The van der Waals surface area contributed by atoms with Crippen molar-refractivity contribution in [1.82, 2.24) is 8.87 Å². The second kappa shape index (κ2) is 9.85. The number of aryl methyl sites for hydroxylation is 1. The second-order valence-corrected chi connectivity index (χ2v) is 11.5. The first kappa shape index (κ1) is 24.4. The topological polar surface area (TPSA) is 81.0 Å². The van der Waals surface area contributed by atoms with Crippen molar-refractivity contribution in [2.24, 2.45) is 4.99 Å². The first-order valence-corrected chi connectivity index (χ1v) is 13.5. The molecule has 0 bridgehead atoms. The van der Waals surface area contributed by atoms with Crippen LogP contribution in [0.25, 0.3) is 10.2 Å². The number of benzene rings is 2. The number of carbonyl (C=O) groups is 1. The summed E-state index contributed by atoms with van der Waals surface area (Å²) in [7, 11) is -2.15. The zero-order valence-electron chi connectivity index (χ0n) is 18.1. The van der Waals surface area contributed by atoms with Crippen molar-refractivity contribution >= 4 is 60.7 Å². The number of halogens is 2. The molecule has 1 fully saturated rings. The molecule has 7 nitrogen and oxygen atoms in total. The molecule has 0 saturated carbocycles. The highest BCUT2D eigenvalue weighted by Crippen LogP contribution is 2.32. The minimum atomic E-state index is -3.68. The molecule has 2 aromatic carbocycles. The van der Waals surface area contributed by atoms with Crippen LogP contribution in [0.1, 0.15) is 30.1 Å². The number of likely N-dealkylation sites (N-methyl/N-ethyl adjacent to an activating group) is 1. The van der Waals surface area contributed by atoms with E-state index >= 15 is 0 Å². The fourth-order valence-electron chi connectivity index (χ4n) is 3.76. The van der Waals surface area contributed by atoms with Crippen molar-refractivity contribution in [3.05, 3.63) is 56.8 Å². The predicted molar refractivity (Wildman–Crippen MR) is 131 cm³/mol. The van der Waals surface area contributed by atoms with Crippen molar-refractivity contribution in [2.45, 2.75) is 37.3 Å². The zero-order valence-corrected chi connectivity index (χ0v) is 21.3. The van der Waals surface area contributed by atoms with E-state index in [1.807, 2.05) is 17.6 Å². The molecule has 33 heavy (non-hydrogen) atoms. The zero-order chi connectivity index (χ0) is 23.8. The minimum absolute atomic E-state index is 0.0839. The van der Waals surface area contributed by atoms with Crippen molar-refractivity contribution < 1.29 is 17.9 Å². The first-order chi connectivity index (χ1) is 15.7. The fourth-order valence-corrected chi connectivity index (χ4v) is 6.53. The van der Waals surface area contributed by atoms with E-state index in [1.165, 1.54) is 47.0 Å². The minimum Gasteiger partial charge on any atom is -0.377 e. The summed E-state index contributed by atoms with van der Waals surface area (Å²) >= 11 is 13.9. The van der Waals surface area contributed by atoms with Gasteiger partial charge in [0.2, 0.25) is 10.0 Å². The average Bonchev–Trinajstić information content (AvgIpc) is 3.43. The van der Waals surface area contributed by atoms with Gasteiger partial charge in [-0.25, -0.2) is 8.42 Å². The Hall–Kier alpha value is -1.75. The van der Waals surface area contributed by atoms with Gasteiger partial charge in [-0.2, -0.15) is 9.30 Å². The van der Waals surface area contributed by atoms with Crippen LogP contribution in [0.4, 0.5) is 0 Å². The Labute approximate surface area is 206 Å². The molecule has 0 radical (unpaired) electrons. The van der Waals surface area contributed by atoms with E-state index in [-0.39, 0.29) is 11.0 Å². The molecule has 1 amide bonds. The van der Waals surface area contributed by atoms with E-state index < -0.39 is 15.9 Å². The number of nitrogens with zero attached hydrogens (tertiary/aromatic N) is 3. The number of hydrogen-bond acceptors (Lipinski definition) is 5. The number of thiazole rings is 1. The van der Waals surface area contributed by atoms with Crippen LogP contribution in [0.2, 0.25) is 10.0 Å². The molecule has 1 aliphatic rings. The van der Waals surface area contributed by atoms with Crippen molar-refractivity contribution in [3.63, 3.8) is 0 Å². The molecule has 1 aliphatic heterocycles. The molecule has 1 atom stereocenters. The molecule has 0 spiro atoms. The monoisotopic (exact) mass is 527 g/mol. The molecule has 1 aromatic heterocycles. The second-order valence-electron chi connectivity index (χ2n) is 7.70. The lowest BCUT2D eigenvalue weighted by atomic mass is 10.2. The van der Waals surface area contributed by atoms with E-state index in [1.54, 1.807) is 6.07 Å². The van der Waals surface area contributed by atoms with Crippen molar-refractivity contribution in [2.75, 3.05) is 20.2 Å². The molecule has 1 unspecified atom stereocenters. The lowest BCUT2D eigenvalue weighted by Crippen LogP contribution is -2.34. The third-order valence-corrected chi connectivity index (χ3v) is 9.22. The fraction of sp³-hybridized carbons (Fsp3) is 0.364. The highest BCUT2D eigenvalue weighted by atomic mass is 35.5. The van der Waals surface area contributed by atoms with Crippen LogP contribution in [0.15, 0.2) is 46.3 Å². The maximum absolute atomic E-state index is 12.9. The van der Waals surface area contributed by atoms with E-state index in [9.17, 15) is 13.2 Å². The Morgan fingerprint density at radius 3 is 2.61 bits per heavy atom. The lowest BCUT2D eigenvalue weighted by molar-refractivity contribution is 0.0979. The summed E-state index contributed by atoms with van der Waals surface area (Å²) in [6.45, 7) is 3.45. The van der Waals surface area contributed by atoms with Gasteiger partial charge >= 0.3 is 0 Å². The molecular weight excluding hydrogens is 505 g/mol. The molecule has 0 aliphatic carbocycles. The highest BCUT2D eigenvalue weighted by molar-refractivity contribution is 7.89. The summed E-state index contributed by atoms with van der Waals surface area (Å²) in [5.74, 6) is -0.470. The quantitative estimate of drug-likeness (QED) is 0.470. The molecule has 1 saturated heterocycles. The van der Waals surface area contributed by atoms with Gasteiger partial charge in [0.05, 0.1) is 31.3 Å². The SMILES string of the molecule is CCn1c(=NC(=O)c2ccc(S(=O)(=O)N(C)CC3CCCO3)cc2)sc2ccc(Cl)c(Cl)c21. The Kier molecular flexibility index (Phi) is 7.28. The number of carbonyl (C=O) groups excluding carboxylic acids is 1. The van der Waals surface area contributed by atoms with E-state index in [2.05, 4.69) is 4.99 Å². The Morgan fingerprint density at radius 1 is 1.24 bits per heavy atom. The first-order valence-electron chi connectivity index (χ1n) is 10.5. The number of ether oxygens (including phenoxy) is 1. The van der Waals surface area contributed by atoms with Crippen LogP contribution < -0.4 is 4.80 Å². The van der Waals surface area contributed by atoms with E-state index in [0.717, 1.165) is 23.1 Å². The third kappa shape index (κ3) is 4.89. The maximum Gasteiger partial charge on any atom is 0.279 e. The Bertz CT molecular complexity index is 1360. The standard InChI is InChI=1S/C22H23Cl2N3O4S2/c1-3-27-20-18(11-10-17(23)19(20)24)32-22(27)25-21(28)14-6-8-16(9-7-14)33(29,30)26(2)13-15-5-4-12-31-15/h6-11,15H,3-5,12-13H2,1-2H3. The van der Waals surface area contributed by atoms with E-state index in [4.69, 9.17) is 27.9 Å². The molecule has 176 valence electrons. The predicted octanol–water partition coefficient (Wildman–Crippen LogP) is 4.57. The van der Waals surface area contributed by atoms with Gasteiger partial charge in [0.15, 0.2) is 4.80 Å². The largest absolute Gasteiger partial charge is 0.377 e. The molecule has 3 aromatic rings. The normalized spacial score (nSPS) is 17.4. The number of sulfonamides is 1. The number of hydrogen-bond donors (Lipinski definition) is 0. The van der Waals surface area contributed by atoms with Crippen LogP contribution >= 0.6 is 34.5 Å². The van der Waals surface area contributed by atoms with Crippen LogP contribution in [-0.2, 0) is 21.3 Å². The number of amides is 1. The van der Waals surface area contributed by atoms with Gasteiger partial charge in [-0.05, 0) is 56.2 Å². The summed E-state index contributed by atoms with van der Waals surface area (Å²) in [4.78, 5) is 17.7. The average molecular weight is 528 g/mol. The molecule has 2 heterocycles. The summed E-state index contributed by atoms with van der Waals surface area (Å²) in [5, 5.41) is 0.853. The Balaban J connectivity index is 1.60. The molecular formula is C22H23Cl2N3O4S2. The summed E-state index contributed by atoms with van der Waals surface area (Å²) in [6, 6.07) is 9.37. The summed E-state index contributed by atoms with van der Waals surface area (Å²) in [6.07, 6.45) is 1.71. The van der Waals surface area contributed by atoms with Gasteiger partial charge < -0.3 is 9.30 Å². The van der Waals surface area contributed by atoms with Crippen molar-refractivity contribution in [3.8, 4) is 0 Å². The van der Waals surface area contributed by atoms with Gasteiger partial charge in [-0.1, -0.05) is 34.5 Å². The van der Waals surface area contributed by atoms with Gasteiger partial charge in [-0.15, -0.1) is 0 Å². The number of rotatable bonds is 6. The van der Waals surface area contributed by atoms with Crippen molar-refractivity contribution in [1.29, 1.82) is 0 Å². The molecule has 0 N–H and O–H groups in total. The van der Waals surface area contributed by atoms with Crippen LogP contribution in [-0.4, -0.2) is 49.5 Å². The Morgan fingerprint density at radius 2 is 1.97 bits per heavy atom. The van der Waals surface area contributed by atoms with Gasteiger partial charge in [0.25, 0.3) is 5.91 Å². The van der Waals surface area contributed by atoms with Gasteiger partial charge in [0, 0.05) is 32.3 Å². The summed E-state index contributed by atoms with van der Waals surface area (Å²) < 4.78 is 35.3. The summed E-state index contributed by atoms with van der Waals surface area (Å²) in [5.41, 5.74) is 1.03. The number of aromatic nitrogens is 1. The lowest BCUT2D eigenvalue weighted by Gasteiger charge is -2.20. The smallest absolute Gasteiger partial charge is 0.279 e. The van der Waals surface area contributed by atoms with Gasteiger partial charge in [-0.3, -0.25) is 4.79 Å². The van der Waals surface area contributed by atoms with E-state index in [0.29, 0.717) is 40.1 Å². The molecule has 4 rings (SSSR count). The maximum atomic E-state index is 12.9. The number of fused-ring (bicyclic) bond motifs is 1. The van der Waals surface area contributed by atoms with Gasteiger partial charge in [0.1, 0.15) is 0 Å². The van der Waals surface area contributed by atoms with Crippen LogP contribution in [0, 0.1) is 0 Å². The molecule has 11 heteroatoms. The van der Waals surface area contributed by atoms with Crippen LogP contribution in [0.3, 0.4) is 0 Å². The van der Waals surface area contributed by atoms with Crippen LogP contribution in [0.5, 0.6) is 0 Å². The third-order valence-electron chi connectivity index (χ3n) is 5.54.